The van der Waals surface area contributed by atoms with E-state index in [1.807, 2.05) is 25.2 Å². The van der Waals surface area contributed by atoms with Crippen molar-refractivity contribution in [1.29, 1.82) is 0 Å². The summed E-state index contributed by atoms with van der Waals surface area (Å²) in [6.45, 7) is 4.35. The minimum absolute atomic E-state index is 0.182. The first-order chi connectivity index (χ1) is 8.08. The molecule has 0 saturated carbocycles. The zero-order valence-electron chi connectivity index (χ0n) is 10.7. The van der Waals surface area contributed by atoms with Gasteiger partial charge in [0.25, 0.3) is 0 Å². The van der Waals surface area contributed by atoms with Gasteiger partial charge in [0.05, 0.1) is 6.42 Å². The molecule has 0 bridgehead atoms. The predicted octanol–water partition coefficient (Wildman–Crippen LogP) is 3.09. The second-order valence-electron chi connectivity index (χ2n) is 5.06. The fourth-order valence-electron chi connectivity index (χ4n) is 2.17. The Kier molecular flexibility index (Phi) is 3.32. The van der Waals surface area contributed by atoms with Crippen LogP contribution in [0.4, 0.5) is 0 Å². The average Bonchev–Trinajstić information content (AvgIpc) is 2.38. The van der Waals surface area contributed by atoms with Crippen molar-refractivity contribution in [3.63, 3.8) is 0 Å². The molecular weight excluding hydrogens is 210 g/mol. The van der Waals surface area contributed by atoms with E-state index in [0.717, 1.165) is 17.7 Å². The molecule has 17 heavy (non-hydrogen) atoms. The molecule has 1 aromatic carbocycles. The van der Waals surface area contributed by atoms with Crippen LogP contribution in [0.1, 0.15) is 31.4 Å². The SMILES string of the molecule is CC(C)CC1=Cc2ccccc2CC(=O)N1C. The predicted molar refractivity (Wildman–Crippen MR) is 70.3 cm³/mol. The number of fused-ring (bicyclic) bond motifs is 1. The molecule has 0 saturated heterocycles. The molecule has 1 aromatic rings. The molecule has 2 rings (SSSR count). The second-order valence-corrected chi connectivity index (χ2v) is 5.06. The van der Waals surface area contributed by atoms with Crippen LogP contribution >= 0.6 is 0 Å². The molecule has 0 fully saturated rings. The number of carbonyl (C=O) groups excluding carboxylic acids is 1. The summed E-state index contributed by atoms with van der Waals surface area (Å²) < 4.78 is 0. The van der Waals surface area contributed by atoms with E-state index in [1.54, 1.807) is 4.90 Å². The minimum Gasteiger partial charge on any atom is -0.319 e. The van der Waals surface area contributed by atoms with Crippen LogP contribution in [0.3, 0.4) is 0 Å². The van der Waals surface area contributed by atoms with Gasteiger partial charge in [0, 0.05) is 12.7 Å². The van der Waals surface area contributed by atoms with Crippen molar-refractivity contribution < 1.29 is 4.79 Å². The largest absolute Gasteiger partial charge is 0.319 e. The number of likely N-dealkylation sites (N-methyl/N-ethyl adjacent to an activating group) is 1. The lowest BCUT2D eigenvalue weighted by Crippen LogP contribution is -2.26. The number of rotatable bonds is 2. The molecule has 1 aliphatic rings. The van der Waals surface area contributed by atoms with Gasteiger partial charge in [-0.3, -0.25) is 4.79 Å². The summed E-state index contributed by atoms with van der Waals surface area (Å²) in [6.07, 6.45) is 3.60. The molecule has 0 aliphatic carbocycles. The van der Waals surface area contributed by atoms with Gasteiger partial charge in [0.2, 0.25) is 5.91 Å². The highest BCUT2D eigenvalue weighted by molar-refractivity contribution is 5.84. The Bertz CT molecular complexity index is 460. The Hall–Kier alpha value is -1.57. The molecule has 2 heteroatoms. The molecule has 0 spiro atoms. The van der Waals surface area contributed by atoms with E-state index in [1.165, 1.54) is 5.56 Å². The van der Waals surface area contributed by atoms with E-state index in [0.29, 0.717) is 12.3 Å². The van der Waals surface area contributed by atoms with Crippen LogP contribution in [-0.2, 0) is 11.2 Å². The number of hydrogen-bond acceptors (Lipinski definition) is 1. The average molecular weight is 229 g/mol. The lowest BCUT2D eigenvalue weighted by atomic mass is 10.0. The molecule has 0 aromatic heterocycles. The number of amides is 1. The van der Waals surface area contributed by atoms with Crippen LogP contribution in [0.5, 0.6) is 0 Å². The molecule has 1 aliphatic heterocycles. The maximum atomic E-state index is 12.1. The summed E-state index contributed by atoms with van der Waals surface area (Å²) in [7, 11) is 1.88. The van der Waals surface area contributed by atoms with Gasteiger partial charge in [0.1, 0.15) is 0 Å². The van der Waals surface area contributed by atoms with E-state index in [-0.39, 0.29) is 5.91 Å². The molecule has 0 N–H and O–H groups in total. The van der Waals surface area contributed by atoms with Crippen LogP contribution in [0, 0.1) is 5.92 Å². The molecule has 0 unspecified atom stereocenters. The van der Waals surface area contributed by atoms with E-state index in [4.69, 9.17) is 0 Å². The smallest absolute Gasteiger partial charge is 0.230 e. The Balaban J connectivity index is 2.42. The standard InChI is InChI=1S/C15H19NO/c1-11(2)8-14-9-12-6-4-5-7-13(12)10-15(17)16(14)3/h4-7,9,11H,8,10H2,1-3H3. The third-order valence-electron chi connectivity index (χ3n) is 3.14. The van der Waals surface area contributed by atoms with E-state index in [2.05, 4.69) is 26.0 Å². The molecule has 90 valence electrons. The topological polar surface area (TPSA) is 20.3 Å². The monoisotopic (exact) mass is 229 g/mol. The van der Waals surface area contributed by atoms with Crippen LogP contribution in [0.25, 0.3) is 6.08 Å². The zero-order chi connectivity index (χ0) is 12.4. The summed E-state index contributed by atoms with van der Waals surface area (Å²) in [5.41, 5.74) is 3.43. The first-order valence-electron chi connectivity index (χ1n) is 6.13. The van der Waals surface area contributed by atoms with Gasteiger partial charge < -0.3 is 4.90 Å². The molecule has 2 nitrogen and oxygen atoms in total. The number of nitrogens with zero attached hydrogens (tertiary/aromatic N) is 1. The van der Waals surface area contributed by atoms with Crippen LogP contribution in [-0.4, -0.2) is 17.9 Å². The van der Waals surface area contributed by atoms with Crippen molar-refractivity contribution in [2.45, 2.75) is 26.7 Å². The first kappa shape index (κ1) is 11.9. The highest BCUT2D eigenvalue weighted by Gasteiger charge is 2.19. The molecule has 0 radical (unpaired) electrons. The zero-order valence-corrected chi connectivity index (χ0v) is 10.7. The summed E-state index contributed by atoms with van der Waals surface area (Å²) in [5, 5.41) is 0. The Morgan fingerprint density at radius 2 is 2.00 bits per heavy atom. The van der Waals surface area contributed by atoms with Crippen molar-refractivity contribution in [3.05, 3.63) is 41.1 Å². The fourth-order valence-corrected chi connectivity index (χ4v) is 2.17. The summed E-state index contributed by atoms with van der Waals surface area (Å²) in [6, 6.07) is 8.14. The summed E-state index contributed by atoms with van der Waals surface area (Å²) in [4.78, 5) is 13.9. The van der Waals surface area contributed by atoms with Gasteiger partial charge in [-0.05, 0) is 29.5 Å². The van der Waals surface area contributed by atoms with Gasteiger partial charge in [0.15, 0.2) is 0 Å². The van der Waals surface area contributed by atoms with E-state index in [9.17, 15) is 4.79 Å². The lowest BCUT2D eigenvalue weighted by Gasteiger charge is -2.20. The van der Waals surface area contributed by atoms with Crippen LogP contribution in [0.2, 0.25) is 0 Å². The number of allylic oxidation sites excluding steroid dienone is 1. The van der Waals surface area contributed by atoms with Crippen LogP contribution in [0.15, 0.2) is 30.0 Å². The van der Waals surface area contributed by atoms with Crippen molar-refractivity contribution in [2.24, 2.45) is 5.92 Å². The van der Waals surface area contributed by atoms with E-state index < -0.39 is 0 Å². The maximum absolute atomic E-state index is 12.1. The van der Waals surface area contributed by atoms with Crippen molar-refractivity contribution in [1.82, 2.24) is 4.90 Å². The third kappa shape index (κ3) is 2.57. The Morgan fingerprint density at radius 3 is 2.71 bits per heavy atom. The van der Waals surface area contributed by atoms with Gasteiger partial charge in [-0.25, -0.2) is 0 Å². The molecule has 1 amide bonds. The summed E-state index contributed by atoms with van der Waals surface area (Å²) in [5.74, 6) is 0.739. The number of benzene rings is 1. The molecular formula is C15H19NO. The normalized spacial score (nSPS) is 15.6. The van der Waals surface area contributed by atoms with Crippen LogP contribution < -0.4 is 0 Å². The molecule has 0 atom stereocenters. The van der Waals surface area contributed by atoms with Gasteiger partial charge >= 0.3 is 0 Å². The summed E-state index contributed by atoms with van der Waals surface area (Å²) >= 11 is 0. The highest BCUT2D eigenvalue weighted by Crippen LogP contribution is 2.24. The number of carbonyl (C=O) groups is 1. The highest BCUT2D eigenvalue weighted by atomic mass is 16.2. The minimum atomic E-state index is 0.182. The molecule has 1 heterocycles. The Labute approximate surface area is 103 Å². The van der Waals surface area contributed by atoms with Crippen molar-refractivity contribution in [3.8, 4) is 0 Å². The lowest BCUT2D eigenvalue weighted by molar-refractivity contribution is -0.127. The maximum Gasteiger partial charge on any atom is 0.230 e. The quantitative estimate of drug-likeness (QED) is 0.763. The Morgan fingerprint density at radius 1 is 1.29 bits per heavy atom. The second kappa shape index (κ2) is 4.74. The third-order valence-corrected chi connectivity index (χ3v) is 3.14. The van der Waals surface area contributed by atoms with Crippen molar-refractivity contribution >= 4 is 12.0 Å². The fraction of sp³-hybridized carbons (Fsp3) is 0.400. The van der Waals surface area contributed by atoms with Gasteiger partial charge in [-0.15, -0.1) is 0 Å². The van der Waals surface area contributed by atoms with Crippen molar-refractivity contribution in [2.75, 3.05) is 7.05 Å². The first-order valence-corrected chi connectivity index (χ1v) is 6.13. The van der Waals surface area contributed by atoms with E-state index >= 15 is 0 Å². The van der Waals surface area contributed by atoms with Gasteiger partial charge in [-0.1, -0.05) is 38.1 Å². The number of hydrogen-bond donors (Lipinski definition) is 0. The van der Waals surface area contributed by atoms with Gasteiger partial charge in [-0.2, -0.15) is 0 Å².